The standard InChI is InChI=1S/C11H13F2N5O2/c1-5(2)8(11(19)20)14-6-3-4-7-15-16-10(9(12)13)18(7)17-6/h3-5,8-9H,1-2H3,(H,14,17)(H,19,20)/t8-/m0/s1. The number of carboxylic acids is 1. The van der Waals surface area contributed by atoms with Crippen molar-refractivity contribution in [1.82, 2.24) is 19.8 Å². The maximum atomic E-state index is 12.7. The topological polar surface area (TPSA) is 92.4 Å². The van der Waals surface area contributed by atoms with Gasteiger partial charge in [0.1, 0.15) is 11.9 Å². The van der Waals surface area contributed by atoms with Crippen LogP contribution in [0.1, 0.15) is 26.1 Å². The number of carbonyl (C=O) groups is 1. The molecule has 9 heteroatoms. The number of halogens is 2. The van der Waals surface area contributed by atoms with E-state index in [2.05, 4.69) is 20.6 Å². The fourth-order valence-electron chi connectivity index (χ4n) is 1.69. The van der Waals surface area contributed by atoms with Crippen LogP contribution in [-0.4, -0.2) is 36.9 Å². The summed E-state index contributed by atoms with van der Waals surface area (Å²) in [6.07, 6.45) is -2.81. The van der Waals surface area contributed by atoms with Gasteiger partial charge in [-0.05, 0) is 18.1 Å². The number of rotatable bonds is 5. The molecule has 0 radical (unpaired) electrons. The van der Waals surface area contributed by atoms with Crippen LogP contribution in [0, 0.1) is 5.92 Å². The Labute approximate surface area is 112 Å². The molecule has 2 heterocycles. The smallest absolute Gasteiger partial charge is 0.326 e. The minimum atomic E-state index is -2.81. The highest BCUT2D eigenvalue weighted by Gasteiger charge is 2.22. The van der Waals surface area contributed by atoms with Crippen molar-refractivity contribution in [3.05, 3.63) is 18.0 Å². The van der Waals surface area contributed by atoms with Crippen molar-refractivity contribution in [2.24, 2.45) is 5.92 Å². The van der Waals surface area contributed by atoms with Gasteiger partial charge in [0.2, 0.25) is 5.82 Å². The number of anilines is 1. The maximum Gasteiger partial charge on any atom is 0.326 e. The first-order chi connectivity index (χ1) is 9.40. The van der Waals surface area contributed by atoms with E-state index < -0.39 is 24.3 Å². The van der Waals surface area contributed by atoms with E-state index in [-0.39, 0.29) is 17.4 Å². The summed E-state index contributed by atoms with van der Waals surface area (Å²) in [5.74, 6) is -1.65. The second-order valence-electron chi connectivity index (χ2n) is 4.55. The van der Waals surface area contributed by atoms with Crippen LogP contribution >= 0.6 is 0 Å². The average Bonchev–Trinajstić information content (AvgIpc) is 2.78. The number of fused-ring (bicyclic) bond motifs is 1. The molecule has 0 aromatic carbocycles. The van der Waals surface area contributed by atoms with Gasteiger partial charge in [0.25, 0.3) is 6.43 Å². The largest absolute Gasteiger partial charge is 0.480 e. The lowest BCUT2D eigenvalue weighted by Crippen LogP contribution is -2.34. The quantitative estimate of drug-likeness (QED) is 0.866. The lowest BCUT2D eigenvalue weighted by Gasteiger charge is -2.18. The van der Waals surface area contributed by atoms with E-state index in [4.69, 9.17) is 5.11 Å². The van der Waals surface area contributed by atoms with Crippen LogP contribution in [0.3, 0.4) is 0 Å². The fourth-order valence-corrected chi connectivity index (χ4v) is 1.69. The summed E-state index contributed by atoms with van der Waals surface area (Å²) < 4.78 is 26.3. The van der Waals surface area contributed by atoms with E-state index in [1.165, 1.54) is 12.1 Å². The van der Waals surface area contributed by atoms with Gasteiger partial charge in [0.15, 0.2) is 5.65 Å². The van der Waals surface area contributed by atoms with Gasteiger partial charge < -0.3 is 10.4 Å². The molecule has 2 aromatic rings. The number of alkyl halides is 2. The van der Waals surface area contributed by atoms with Crippen molar-refractivity contribution in [1.29, 1.82) is 0 Å². The van der Waals surface area contributed by atoms with Crippen molar-refractivity contribution < 1.29 is 18.7 Å². The number of hydrogen-bond donors (Lipinski definition) is 2. The third kappa shape index (κ3) is 2.65. The fraction of sp³-hybridized carbons (Fsp3) is 0.455. The Hall–Kier alpha value is -2.32. The first kappa shape index (κ1) is 14.1. The normalized spacial score (nSPS) is 13.1. The van der Waals surface area contributed by atoms with Gasteiger partial charge in [-0.1, -0.05) is 13.8 Å². The highest BCUT2D eigenvalue weighted by Crippen LogP contribution is 2.18. The number of nitrogens with one attached hydrogen (secondary N) is 1. The summed E-state index contributed by atoms with van der Waals surface area (Å²) >= 11 is 0. The third-order valence-corrected chi connectivity index (χ3v) is 2.72. The molecule has 0 aliphatic heterocycles. The SMILES string of the molecule is CC(C)[C@H](Nc1ccc2nnc(C(F)F)n2n1)C(=O)O. The van der Waals surface area contributed by atoms with Crippen LogP contribution < -0.4 is 5.32 Å². The molecule has 2 rings (SSSR count). The molecule has 0 aliphatic rings. The summed E-state index contributed by atoms with van der Waals surface area (Å²) in [6.45, 7) is 3.46. The first-order valence-electron chi connectivity index (χ1n) is 5.90. The molecule has 0 spiro atoms. The van der Waals surface area contributed by atoms with Crippen molar-refractivity contribution in [3.8, 4) is 0 Å². The summed E-state index contributed by atoms with van der Waals surface area (Å²) in [4.78, 5) is 11.1. The Morgan fingerprint density at radius 3 is 2.60 bits per heavy atom. The number of aliphatic carboxylic acids is 1. The molecule has 0 saturated carbocycles. The molecule has 0 unspecified atom stereocenters. The maximum absolute atomic E-state index is 12.7. The van der Waals surface area contributed by atoms with Gasteiger partial charge >= 0.3 is 5.97 Å². The molecule has 1 atom stereocenters. The van der Waals surface area contributed by atoms with Gasteiger partial charge in [-0.25, -0.2) is 13.6 Å². The summed E-state index contributed by atoms with van der Waals surface area (Å²) in [7, 11) is 0. The van der Waals surface area contributed by atoms with Gasteiger partial charge in [-0.2, -0.15) is 4.52 Å². The van der Waals surface area contributed by atoms with Crippen LogP contribution in [0.5, 0.6) is 0 Å². The minimum absolute atomic E-state index is 0.167. The minimum Gasteiger partial charge on any atom is -0.480 e. The van der Waals surface area contributed by atoms with Crippen LogP contribution in [0.15, 0.2) is 12.1 Å². The molecule has 0 saturated heterocycles. The van der Waals surface area contributed by atoms with Crippen LogP contribution in [-0.2, 0) is 4.79 Å². The van der Waals surface area contributed by atoms with Crippen LogP contribution in [0.4, 0.5) is 14.6 Å². The highest BCUT2D eigenvalue weighted by atomic mass is 19.3. The van der Waals surface area contributed by atoms with E-state index in [0.717, 1.165) is 4.52 Å². The van der Waals surface area contributed by atoms with Crippen molar-refractivity contribution in [2.45, 2.75) is 26.3 Å². The molecular weight excluding hydrogens is 272 g/mol. The number of carboxylic acid groups (broad SMARTS) is 1. The lowest BCUT2D eigenvalue weighted by atomic mass is 10.1. The Balaban J connectivity index is 2.35. The molecule has 0 aliphatic carbocycles. The zero-order chi connectivity index (χ0) is 14.9. The molecule has 0 bridgehead atoms. The van der Waals surface area contributed by atoms with Crippen LogP contribution in [0.25, 0.3) is 5.65 Å². The molecule has 2 N–H and O–H groups in total. The zero-order valence-corrected chi connectivity index (χ0v) is 10.8. The van der Waals surface area contributed by atoms with Crippen molar-refractivity contribution in [3.63, 3.8) is 0 Å². The van der Waals surface area contributed by atoms with Gasteiger partial charge in [-0.3, -0.25) is 0 Å². The molecule has 0 amide bonds. The van der Waals surface area contributed by atoms with Crippen LogP contribution in [0.2, 0.25) is 0 Å². The monoisotopic (exact) mass is 285 g/mol. The molecular formula is C11H13F2N5O2. The summed E-state index contributed by atoms with van der Waals surface area (Å²) in [5.41, 5.74) is 0.169. The Bertz CT molecular complexity index is 628. The van der Waals surface area contributed by atoms with Gasteiger partial charge in [-0.15, -0.1) is 15.3 Å². The summed E-state index contributed by atoms with van der Waals surface area (Å²) in [6, 6.07) is 2.04. The van der Waals surface area contributed by atoms with Gasteiger partial charge in [0, 0.05) is 0 Å². The second kappa shape index (κ2) is 5.35. The highest BCUT2D eigenvalue weighted by molar-refractivity contribution is 5.77. The van der Waals surface area contributed by atoms with Gasteiger partial charge in [0.05, 0.1) is 0 Å². The van der Waals surface area contributed by atoms with Crippen molar-refractivity contribution >= 4 is 17.4 Å². The zero-order valence-electron chi connectivity index (χ0n) is 10.8. The predicted molar refractivity (Wildman–Crippen MR) is 65.6 cm³/mol. The predicted octanol–water partition coefficient (Wildman–Crippen LogP) is 1.58. The molecule has 0 fully saturated rings. The van der Waals surface area contributed by atoms with Crippen molar-refractivity contribution in [2.75, 3.05) is 5.32 Å². The van der Waals surface area contributed by atoms with E-state index in [1.807, 2.05) is 0 Å². The van der Waals surface area contributed by atoms with E-state index in [9.17, 15) is 13.6 Å². The third-order valence-electron chi connectivity index (χ3n) is 2.72. The lowest BCUT2D eigenvalue weighted by molar-refractivity contribution is -0.138. The number of aromatic nitrogens is 4. The Morgan fingerprint density at radius 1 is 1.35 bits per heavy atom. The van der Waals surface area contributed by atoms with E-state index >= 15 is 0 Å². The average molecular weight is 285 g/mol. The summed E-state index contributed by atoms with van der Waals surface area (Å²) in [5, 5.41) is 22.6. The molecule has 20 heavy (non-hydrogen) atoms. The van der Waals surface area contributed by atoms with E-state index in [1.54, 1.807) is 13.8 Å². The molecule has 2 aromatic heterocycles. The first-order valence-corrected chi connectivity index (χ1v) is 5.90. The number of hydrogen-bond acceptors (Lipinski definition) is 5. The molecule has 108 valence electrons. The van der Waals surface area contributed by atoms with E-state index in [0.29, 0.717) is 0 Å². The Kier molecular flexibility index (Phi) is 3.77. The number of nitrogens with zero attached hydrogens (tertiary/aromatic N) is 4. The molecule has 7 nitrogen and oxygen atoms in total. The Morgan fingerprint density at radius 2 is 2.05 bits per heavy atom. The second-order valence-corrected chi connectivity index (χ2v) is 4.55.